The fraction of sp³-hybridized carbons (Fsp3) is 0.300. The van der Waals surface area contributed by atoms with Gasteiger partial charge in [-0.15, -0.1) is 0 Å². The van der Waals surface area contributed by atoms with Crippen LogP contribution in [0.25, 0.3) is 11.4 Å². The Kier molecular flexibility index (Phi) is 5.41. The number of nitrogens with zero attached hydrogens (tertiary/aromatic N) is 3. The van der Waals surface area contributed by atoms with Gasteiger partial charge < -0.3 is 9.84 Å². The minimum absolute atomic E-state index is 0.0673. The Morgan fingerprint density at radius 3 is 2.81 bits per heavy atom. The highest BCUT2D eigenvalue weighted by atomic mass is 16.5. The lowest BCUT2D eigenvalue weighted by Crippen LogP contribution is -2.15. The Morgan fingerprint density at radius 1 is 1.23 bits per heavy atom. The maximum atomic E-state index is 12.4. The summed E-state index contributed by atoms with van der Waals surface area (Å²) in [5, 5.41) is 6.97. The van der Waals surface area contributed by atoms with E-state index in [0.29, 0.717) is 24.1 Å². The summed E-state index contributed by atoms with van der Waals surface area (Å²) < 4.78 is 5.24. The van der Waals surface area contributed by atoms with Crippen molar-refractivity contribution >= 4 is 11.6 Å². The summed E-state index contributed by atoms with van der Waals surface area (Å²) in [5.41, 5.74) is 3.87. The van der Waals surface area contributed by atoms with Crippen molar-refractivity contribution in [2.24, 2.45) is 0 Å². The third-order valence-corrected chi connectivity index (χ3v) is 4.15. The number of hydrogen-bond acceptors (Lipinski definition) is 5. The number of aryl methyl sites for hydroxylation is 2. The minimum Gasteiger partial charge on any atom is -0.339 e. The standard InChI is InChI=1S/C20H22N4O2/c1-13(2)16-8-4-6-14(3)19(16)22-17(25)9-10-18-23-20(24-26-18)15-7-5-11-21-12-15/h4-8,11-13H,9-10H2,1-3H3,(H,22,25). The highest BCUT2D eigenvalue weighted by Gasteiger charge is 2.14. The SMILES string of the molecule is Cc1cccc(C(C)C)c1NC(=O)CCc1nc(-c2cccnc2)no1. The van der Waals surface area contributed by atoms with E-state index >= 15 is 0 Å². The van der Waals surface area contributed by atoms with Crippen LogP contribution in [-0.4, -0.2) is 21.0 Å². The smallest absolute Gasteiger partial charge is 0.227 e. The Morgan fingerprint density at radius 2 is 2.08 bits per heavy atom. The third kappa shape index (κ3) is 4.14. The summed E-state index contributed by atoms with van der Waals surface area (Å²) in [6, 6.07) is 9.73. The number of benzene rings is 1. The van der Waals surface area contributed by atoms with Gasteiger partial charge in [-0.05, 0) is 36.1 Å². The molecule has 1 N–H and O–H groups in total. The van der Waals surface area contributed by atoms with E-state index in [-0.39, 0.29) is 12.3 Å². The maximum absolute atomic E-state index is 12.4. The molecule has 6 heteroatoms. The molecule has 0 radical (unpaired) electrons. The van der Waals surface area contributed by atoms with Gasteiger partial charge in [0.15, 0.2) is 0 Å². The second kappa shape index (κ2) is 7.91. The molecule has 0 aliphatic heterocycles. The van der Waals surface area contributed by atoms with Gasteiger partial charge in [-0.25, -0.2) is 0 Å². The fourth-order valence-electron chi connectivity index (χ4n) is 2.73. The van der Waals surface area contributed by atoms with Crippen LogP contribution in [-0.2, 0) is 11.2 Å². The van der Waals surface area contributed by atoms with E-state index in [9.17, 15) is 4.79 Å². The molecule has 0 spiro atoms. The van der Waals surface area contributed by atoms with Crippen LogP contribution in [0.15, 0.2) is 47.2 Å². The lowest BCUT2D eigenvalue weighted by Gasteiger charge is -2.16. The summed E-state index contributed by atoms with van der Waals surface area (Å²) in [7, 11) is 0. The first-order valence-corrected chi connectivity index (χ1v) is 8.67. The highest BCUT2D eigenvalue weighted by Crippen LogP contribution is 2.27. The van der Waals surface area contributed by atoms with Gasteiger partial charge in [-0.3, -0.25) is 9.78 Å². The molecule has 1 aromatic carbocycles. The van der Waals surface area contributed by atoms with E-state index in [2.05, 4.69) is 34.3 Å². The number of aromatic nitrogens is 3. The van der Waals surface area contributed by atoms with Gasteiger partial charge in [-0.2, -0.15) is 4.98 Å². The van der Waals surface area contributed by atoms with Crippen LogP contribution < -0.4 is 5.32 Å². The average Bonchev–Trinajstić information content (AvgIpc) is 3.11. The number of hydrogen-bond donors (Lipinski definition) is 1. The molecular formula is C20H22N4O2. The number of carbonyl (C=O) groups excluding carboxylic acids is 1. The summed E-state index contributed by atoms with van der Waals surface area (Å²) in [6.45, 7) is 6.23. The van der Waals surface area contributed by atoms with Crippen molar-refractivity contribution in [3.8, 4) is 11.4 Å². The monoisotopic (exact) mass is 350 g/mol. The summed E-state index contributed by atoms with van der Waals surface area (Å²) in [4.78, 5) is 20.7. The Hall–Kier alpha value is -3.02. The van der Waals surface area contributed by atoms with Gasteiger partial charge in [0.25, 0.3) is 0 Å². The van der Waals surface area contributed by atoms with Crippen molar-refractivity contribution < 1.29 is 9.32 Å². The van der Waals surface area contributed by atoms with Gasteiger partial charge in [0.2, 0.25) is 17.6 Å². The van der Waals surface area contributed by atoms with Gasteiger partial charge in [0, 0.05) is 36.5 Å². The number of rotatable bonds is 6. The van der Waals surface area contributed by atoms with E-state index < -0.39 is 0 Å². The molecule has 1 amide bonds. The molecule has 134 valence electrons. The van der Waals surface area contributed by atoms with Crippen LogP contribution >= 0.6 is 0 Å². The molecule has 6 nitrogen and oxygen atoms in total. The van der Waals surface area contributed by atoms with Crippen molar-refractivity contribution in [2.75, 3.05) is 5.32 Å². The zero-order chi connectivity index (χ0) is 18.5. The van der Waals surface area contributed by atoms with Gasteiger partial charge in [-0.1, -0.05) is 37.2 Å². The van der Waals surface area contributed by atoms with E-state index in [1.165, 1.54) is 0 Å². The molecule has 0 saturated heterocycles. The Bertz CT molecular complexity index is 888. The molecule has 0 atom stereocenters. The number of para-hydroxylation sites is 1. The molecule has 26 heavy (non-hydrogen) atoms. The topological polar surface area (TPSA) is 80.9 Å². The number of carbonyl (C=O) groups is 1. The van der Waals surface area contributed by atoms with Crippen LogP contribution in [0.4, 0.5) is 5.69 Å². The quantitative estimate of drug-likeness (QED) is 0.723. The molecule has 2 aromatic heterocycles. The lowest BCUT2D eigenvalue weighted by molar-refractivity contribution is -0.116. The molecule has 2 heterocycles. The first kappa shape index (κ1) is 17.8. The van der Waals surface area contributed by atoms with E-state index in [1.54, 1.807) is 12.4 Å². The van der Waals surface area contributed by atoms with Gasteiger partial charge in [0.1, 0.15) is 0 Å². The molecule has 0 fully saturated rings. The largest absolute Gasteiger partial charge is 0.339 e. The predicted molar refractivity (Wildman–Crippen MR) is 99.7 cm³/mol. The van der Waals surface area contributed by atoms with Crippen molar-refractivity contribution in [2.45, 2.75) is 39.5 Å². The van der Waals surface area contributed by atoms with Crippen LogP contribution in [0.3, 0.4) is 0 Å². The second-order valence-corrected chi connectivity index (χ2v) is 6.50. The number of amides is 1. The number of pyridine rings is 1. The summed E-state index contributed by atoms with van der Waals surface area (Å²) >= 11 is 0. The van der Waals surface area contributed by atoms with E-state index in [4.69, 9.17) is 4.52 Å². The molecule has 3 rings (SSSR count). The summed E-state index contributed by atoms with van der Waals surface area (Å²) in [6.07, 6.45) is 4.03. The fourth-order valence-corrected chi connectivity index (χ4v) is 2.73. The Labute approximate surface area is 152 Å². The molecule has 0 unspecified atom stereocenters. The third-order valence-electron chi connectivity index (χ3n) is 4.15. The molecule has 0 aliphatic rings. The molecular weight excluding hydrogens is 328 g/mol. The van der Waals surface area contributed by atoms with Crippen molar-refractivity contribution in [1.82, 2.24) is 15.1 Å². The van der Waals surface area contributed by atoms with Crippen molar-refractivity contribution in [3.63, 3.8) is 0 Å². The average molecular weight is 350 g/mol. The predicted octanol–water partition coefficient (Wildman–Crippen LogP) is 4.13. The zero-order valence-electron chi connectivity index (χ0n) is 15.2. The first-order chi connectivity index (χ1) is 12.5. The number of anilines is 1. The van der Waals surface area contributed by atoms with Crippen LogP contribution in [0.2, 0.25) is 0 Å². The van der Waals surface area contributed by atoms with Crippen molar-refractivity contribution in [3.05, 3.63) is 59.7 Å². The van der Waals surface area contributed by atoms with Gasteiger partial charge >= 0.3 is 0 Å². The molecule has 0 saturated carbocycles. The highest BCUT2D eigenvalue weighted by molar-refractivity contribution is 5.92. The maximum Gasteiger partial charge on any atom is 0.227 e. The molecule has 3 aromatic rings. The second-order valence-electron chi connectivity index (χ2n) is 6.50. The zero-order valence-corrected chi connectivity index (χ0v) is 15.2. The molecule has 0 aliphatic carbocycles. The lowest BCUT2D eigenvalue weighted by atomic mass is 9.98. The minimum atomic E-state index is -0.0673. The van der Waals surface area contributed by atoms with E-state index in [0.717, 1.165) is 22.4 Å². The van der Waals surface area contributed by atoms with Crippen LogP contribution in [0, 0.1) is 6.92 Å². The van der Waals surface area contributed by atoms with Crippen LogP contribution in [0.1, 0.15) is 43.2 Å². The van der Waals surface area contributed by atoms with Crippen molar-refractivity contribution in [1.29, 1.82) is 0 Å². The molecule has 0 bridgehead atoms. The van der Waals surface area contributed by atoms with Gasteiger partial charge in [0.05, 0.1) is 0 Å². The summed E-state index contributed by atoms with van der Waals surface area (Å²) in [5.74, 6) is 1.19. The van der Waals surface area contributed by atoms with Crippen LogP contribution in [0.5, 0.6) is 0 Å². The first-order valence-electron chi connectivity index (χ1n) is 8.67. The van der Waals surface area contributed by atoms with E-state index in [1.807, 2.05) is 37.3 Å². The number of nitrogens with one attached hydrogen (secondary N) is 1. The normalized spacial score (nSPS) is 10.9. The Balaban J connectivity index is 1.63.